The molecular weight excluding hydrogens is 282 g/mol. The Kier molecular flexibility index (Phi) is 5.30. The zero-order valence-electron chi connectivity index (χ0n) is 12.9. The van der Waals surface area contributed by atoms with Gasteiger partial charge in [0.15, 0.2) is 11.5 Å². The van der Waals surface area contributed by atoms with Crippen molar-refractivity contribution >= 4 is 11.9 Å². The smallest absolute Gasteiger partial charge is 0.229 e. The Hall–Kier alpha value is -2.63. The number of carbonyl (C=O) groups excluding carboxylic acids is 1. The summed E-state index contributed by atoms with van der Waals surface area (Å²) in [7, 11) is 3.18. The zero-order chi connectivity index (χ0) is 15.9. The SMILES string of the molecule is COc1ccc(CC(C)C(=O)Nc2ncccn2)cc1OC. The summed E-state index contributed by atoms with van der Waals surface area (Å²) in [6.07, 6.45) is 3.75. The number of nitrogens with zero attached hydrogens (tertiary/aromatic N) is 2. The first kappa shape index (κ1) is 15.8. The van der Waals surface area contributed by atoms with Crippen molar-refractivity contribution in [2.75, 3.05) is 19.5 Å². The van der Waals surface area contributed by atoms with Gasteiger partial charge in [0, 0.05) is 18.3 Å². The maximum atomic E-state index is 12.1. The Bertz CT molecular complexity index is 632. The van der Waals surface area contributed by atoms with Crippen LogP contribution in [-0.4, -0.2) is 30.1 Å². The Morgan fingerprint density at radius 3 is 2.50 bits per heavy atom. The highest BCUT2D eigenvalue weighted by Gasteiger charge is 2.16. The van der Waals surface area contributed by atoms with Gasteiger partial charge < -0.3 is 9.47 Å². The third kappa shape index (κ3) is 3.94. The molecule has 2 rings (SSSR count). The molecule has 0 spiro atoms. The van der Waals surface area contributed by atoms with Crippen molar-refractivity contribution in [2.24, 2.45) is 5.92 Å². The number of hydrogen-bond donors (Lipinski definition) is 1. The van der Waals surface area contributed by atoms with Gasteiger partial charge in [-0.15, -0.1) is 0 Å². The van der Waals surface area contributed by atoms with Gasteiger partial charge in [0.1, 0.15) is 0 Å². The van der Waals surface area contributed by atoms with Gasteiger partial charge in [0.05, 0.1) is 14.2 Å². The van der Waals surface area contributed by atoms with Crippen molar-refractivity contribution in [3.05, 3.63) is 42.2 Å². The molecule has 1 unspecified atom stereocenters. The molecule has 0 bridgehead atoms. The summed E-state index contributed by atoms with van der Waals surface area (Å²) < 4.78 is 10.5. The van der Waals surface area contributed by atoms with E-state index < -0.39 is 0 Å². The van der Waals surface area contributed by atoms with Crippen molar-refractivity contribution in [2.45, 2.75) is 13.3 Å². The predicted octanol–water partition coefficient (Wildman–Crippen LogP) is 2.31. The molecule has 0 fully saturated rings. The summed E-state index contributed by atoms with van der Waals surface area (Å²) in [5, 5.41) is 2.70. The molecule has 0 saturated carbocycles. The highest BCUT2D eigenvalue weighted by molar-refractivity contribution is 5.90. The standard InChI is InChI=1S/C16H19N3O3/c1-11(15(20)19-16-17-7-4-8-18-16)9-12-5-6-13(21-2)14(10-12)22-3/h4-8,10-11H,9H2,1-3H3,(H,17,18,19,20). The highest BCUT2D eigenvalue weighted by Crippen LogP contribution is 2.28. The van der Waals surface area contributed by atoms with Crippen LogP contribution in [0.5, 0.6) is 11.5 Å². The molecule has 1 N–H and O–H groups in total. The zero-order valence-corrected chi connectivity index (χ0v) is 12.9. The molecule has 0 aliphatic rings. The number of benzene rings is 1. The molecule has 0 radical (unpaired) electrons. The quantitative estimate of drug-likeness (QED) is 0.886. The van der Waals surface area contributed by atoms with Crippen LogP contribution in [0.1, 0.15) is 12.5 Å². The van der Waals surface area contributed by atoms with Crippen LogP contribution in [0.25, 0.3) is 0 Å². The Balaban J connectivity index is 2.02. The molecule has 0 aliphatic carbocycles. The largest absolute Gasteiger partial charge is 0.493 e. The number of nitrogens with one attached hydrogen (secondary N) is 1. The average Bonchev–Trinajstić information content (AvgIpc) is 2.55. The number of aromatic nitrogens is 2. The van der Waals surface area contributed by atoms with Crippen LogP contribution in [0.4, 0.5) is 5.95 Å². The van der Waals surface area contributed by atoms with Gasteiger partial charge in [-0.25, -0.2) is 9.97 Å². The number of anilines is 1. The minimum atomic E-state index is -0.220. The third-order valence-corrected chi connectivity index (χ3v) is 3.24. The minimum Gasteiger partial charge on any atom is -0.493 e. The molecule has 116 valence electrons. The number of ether oxygens (including phenoxy) is 2. The van der Waals surface area contributed by atoms with E-state index in [1.165, 1.54) is 0 Å². The fourth-order valence-corrected chi connectivity index (χ4v) is 2.05. The predicted molar refractivity (Wildman–Crippen MR) is 83.1 cm³/mol. The van der Waals surface area contributed by atoms with Crippen LogP contribution in [0.3, 0.4) is 0 Å². The Labute approximate surface area is 129 Å². The van der Waals surface area contributed by atoms with Crippen LogP contribution in [0.15, 0.2) is 36.7 Å². The van der Waals surface area contributed by atoms with Crippen LogP contribution < -0.4 is 14.8 Å². The van der Waals surface area contributed by atoms with Gasteiger partial charge in [-0.3, -0.25) is 10.1 Å². The molecule has 6 nitrogen and oxygen atoms in total. The second-order valence-corrected chi connectivity index (χ2v) is 4.86. The van der Waals surface area contributed by atoms with Crippen molar-refractivity contribution in [1.82, 2.24) is 9.97 Å². The fourth-order valence-electron chi connectivity index (χ4n) is 2.05. The first-order valence-corrected chi connectivity index (χ1v) is 6.93. The summed E-state index contributed by atoms with van der Waals surface area (Å²) in [5.41, 5.74) is 0.995. The molecule has 22 heavy (non-hydrogen) atoms. The highest BCUT2D eigenvalue weighted by atomic mass is 16.5. The second kappa shape index (κ2) is 7.40. The first-order chi connectivity index (χ1) is 10.6. The monoisotopic (exact) mass is 301 g/mol. The molecule has 1 amide bonds. The van der Waals surface area contributed by atoms with Gasteiger partial charge in [0.25, 0.3) is 0 Å². The number of methoxy groups -OCH3 is 2. The normalized spacial score (nSPS) is 11.6. The number of hydrogen-bond acceptors (Lipinski definition) is 5. The molecule has 1 atom stereocenters. The molecule has 2 aromatic rings. The lowest BCUT2D eigenvalue weighted by Crippen LogP contribution is -2.23. The van der Waals surface area contributed by atoms with E-state index in [4.69, 9.17) is 9.47 Å². The van der Waals surface area contributed by atoms with E-state index in [0.717, 1.165) is 5.56 Å². The molecule has 0 aliphatic heterocycles. The maximum absolute atomic E-state index is 12.1. The molecule has 1 aromatic carbocycles. The molecule has 1 aromatic heterocycles. The van der Waals surface area contributed by atoms with Crippen molar-refractivity contribution in [3.8, 4) is 11.5 Å². The lowest BCUT2D eigenvalue weighted by molar-refractivity contribution is -0.119. The van der Waals surface area contributed by atoms with E-state index in [1.807, 2.05) is 25.1 Å². The van der Waals surface area contributed by atoms with Crippen LogP contribution in [-0.2, 0) is 11.2 Å². The van der Waals surface area contributed by atoms with E-state index >= 15 is 0 Å². The average molecular weight is 301 g/mol. The van der Waals surface area contributed by atoms with Crippen molar-refractivity contribution < 1.29 is 14.3 Å². The minimum absolute atomic E-state index is 0.124. The van der Waals surface area contributed by atoms with Gasteiger partial charge in [-0.05, 0) is 30.2 Å². The van der Waals surface area contributed by atoms with Gasteiger partial charge >= 0.3 is 0 Å². The summed E-state index contributed by atoms with van der Waals surface area (Å²) in [4.78, 5) is 20.1. The van der Waals surface area contributed by atoms with E-state index in [1.54, 1.807) is 32.7 Å². The number of rotatable bonds is 6. The maximum Gasteiger partial charge on any atom is 0.229 e. The van der Waals surface area contributed by atoms with Crippen LogP contribution >= 0.6 is 0 Å². The third-order valence-electron chi connectivity index (χ3n) is 3.24. The first-order valence-electron chi connectivity index (χ1n) is 6.93. The lowest BCUT2D eigenvalue weighted by Gasteiger charge is -2.13. The van der Waals surface area contributed by atoms with E-state index in [0.29, 0.717) is 23.9 Å². The fraction of sp³-hybridized carbons (Fsp3) is 0.312. The van der Waals surface area contributed by atoms with E-state index in [9.17, 15) is 4.79 Å². The summed E-state index contributed by atoms with van der Waals surface area (Å²) in [5.74, 6) is 1.29. The molecule has 1 heterocycles. The summed E-state index contributed by atoms with van der Waals surface area (Å²) in [6, 6.07) is 7.33. The summed E-state index contributed by atoms with van der Waals surface area (Å²) >= 11 is 0. The van der Waals surface area contributed by atoms with Crippen LogP contribution in [0.2, 0.25) is 0 Å². The van der Waals surface area contributed by atoms with E-state index in [2.05, 4.69) is 15.3 Å². The topological polar surface area (TPSA) is 73.3 Å². The molecule has 0 saturated heterocycles. The van der Waals surface area contributed by atoms with Gasteiger partial charge in [0.2, 0.25) is 11.9 Å². The Morgan fingerprint density at radius 1 is 1.18 bits per heavy atom. The number of amides is 1. The van der Waals surface area contributed by atoms with Crippen molar-refractivity contribution in [3.63, 3.8) is 0 Å². The van der Waals surface area contributed by atoms with E-state index in [-0.39, 0.29) is 11.8 Å². The lowest BCUT2D eigenvalue weighted by atomic mass is 10.00. The second-order valence-electron chi connectivity index (χ2n) is 4.86. The number of carbonyl (C=O) groups is 1. The van der Waals surface area contributed by atoms with Crippen molar-refractivity contribution in [1.29, 1.82) is 0 Å². The molecule has 6 heteroatoms. The summed E-state index contributed by atoms with van der Waals surface area (Å²) in [6.45, 7) is 1.86. The van der Waals surface area contributed by atoms with Crippen LogP contribution in [0, 0.1) is 5.92 Å². The Morgan fingerprint density at radius 2 is 1.86 bits per heavy atom. The molecular formula is C16H19N3O3. The van der Waals surface area contributed by atoms with Gasteiger partial charge in [-0.1, -0.05) is 13.0 Å². The van der Waals surface area contributed by atoms with Gasteiger partial charge in [-0.2, -0.15) is 0 Å².